The lowest BCUT2D eigenvalue weighted by Gasteiger charge is -2.39. The molecular weight excluding hydrogens is 285 g/mol. The number of aryl methyl sites for hydroxylation is 1. The first kappa shape index (κ1) is 14.0. The Morgan fingerprint density at radius 3 is 2.42 bits per heavy atom. The Kier molecular flexibility index (Phi) is 3.17. The minimum absolute atomic E-state index is 0.111. The molecule has 6 nitrogen and oxygen atoms in total. The number of primary sulfonamides is 1. The van der Waals surface area contributed by atoms with Crippen LogP contribution in [0.5, 0.6) is 0 Å². The molecule has 1 aromatic heterocycles. The van der Waals surface area contributed by atoms with Crippen molar-refractivity contribution in [2.75, 3.05) is 18.0 Å². The Morgan fingerprint density at radius 2 is 1.95 bits per heavy atom. The highest BCUT2D eigenvalue weighted by atomic mass is 32.2. The number of nitrogens with zero attached hydrogens (tertiary/aromatic N) is 3. The summed E-state index contributed by atoms with van der Waals surface area (Å²) in [7, 11) is -3.73. The first-order chi connectivity index (χ1) is 8.59. The molecule has 106 valence electrons. The van der Waals surface area contributed by atoms with Crippen LogP contribution < -0.4 is 10.0 Å². The highest BCUT2D eigenvalue weighted by Gasteiger charge is 2.42. The first-order valence-electron chi connectivity index (χ1n) is 5.27. The summed E-state index contributed by atoms with van der Waals surface area (Å²) >= 11 is 0. The van der Waals surface area contributed by atoms with Crippen LogP contribution in [0.15, 0.2) is 6.07 Å². The van der Waals surface area contributed by atoms with Crippen molar-refractivity contribution in [2.24, 2.45) is 5.14 Å². The summed E-state index contributed by atoms with van der Waals surface area (Å²) in [5.74, 6) is -0.363. The monoisotopic (exact) mass is 296 g/mol. The molecule has 0 bridgehead atoms. The van der Waals surface area contributed by atoms with E-state index in [2.05, 4.69) is 10.2 Å². The van der Waals surface area contributed by atoms with Gasteiger partial charge in [-0.05, 0) is 13.0 Å². The Hall–Kier alpha value is -1.42. The lowest BCUT2D eigenvalue weighted by Crippen LogP contribution is -2.57. The summed E-state index contributed by atoms with van der Waals surface area (Å²) in [5, 5.41) is 11.1. The van der Waals surface area contributed by atoms with Crippen LogP contribution >= 0.6 is 0 Å². The maximum absolute atomic E-state index is 12.8. The van der Waals surface area contributed by atoms with Crippen LogP contribution in [0.25, 0.3) is 0 Å². The zero-order chi connectivity index (χ0) is 14.4. The highest BCUT2D eigenvalue weighted by molar-refractivity contribution is 7.89. The van der Waals surface area contributed by atoms with E-state index >= 15 is 0 Å². The molecule has 2 rings (SSSR count). The molecule has 0 aliphatic carbocycles. The molecule has 0 spiro atoms. The van der Waals surface area contributed by atoms with Crippen molar-refractivity contribution in [1.82, 2.24) is 10.2 Å². The fourth-order valence-electron chi connectivity index (χ4n) is 1.74. The Bertz CT molecular complexity index is 596. The van der Waals surface area contributed by atoms with E-state index in [-0.39, 0.29) is 24.6 Å². The summed E-state index contributed by atoms with van der Waals surface area (Å²) in [5.41, 5.74) is -0.785. The van der Waals surface area contributed by atoms with Crippen LogP contribution in [0.2, 0.25) is 0 Å². The van der Waals surface area contributed by atoms with Gasteiger partial charge in [0.1, 0.15) is 10.8 Å². The van der Waals surface area contributed by atoms with Crippen LogP contribution in [0, 0.1) is 6.92 Å². The van der Waals surface area contributed by atoms with Gasteiger partial charge in [-0.3, -0.25) is 0 Å². The number of halogens is 3. The smallest absolute Gasteiger partial charge is 0.352 e. The summed E-state index contributed by atoms with van der Waals surface area (Å²) in [6, 6.07) is 0.882. The Labute approximate surface area is 107 Å². The van der Waals surface area contributed by atoms with Gasteiger partial charge >= 0.3 is 6.18 Å². The van der Waals surface area contributed by atoms with Gasteiger partial charge in [-0.15, -0.1) is 5.10 Å². The zero-order valence-electron chi connectivity index (χ0n) is 9.85. The van der Waals surface area contributed by atoms with Crippen molar-refractivity contribution in [2.45, 2.75) is 18.3 Å². The minimum Gasteiger partial charge on any atom is -0.352 e. The number of nitrogens with two attached hydrogens (primary N) is 1. The zero-order valence-corrected chi connectivity index (χ0v) is 10.7. The molecule has 19 heavy (non-hydrogen) atoms. The summed E-state index contributed by atoms with van der Waals surface area (Å²) in [4.78, 5) is 1.20. The van der Waals surface area contributed by atoms with Crippen LogP contribution in [0.1, 0.15) is 11.3 Å². The van der Waals surface area contributed by atoms with Crippen LogP contribution in [-0.2, 0) is 16.2 Å². The van der Waals surface area contributed by atoms with E-state index < -0.39 is 27.0 Å². The van der Waals surface area contributed by atoms with Crippen molar-refractivity contribution in [3.05, 3.63) is 17.3 Å². The predicted octanol–water partition coefficient (Wildman–Crippen LogP) is 0.281. The van der Waals surface area contributed by atoms with E-state index in [0.717, 1.165) is 6.07 Å². The molecule has 2 N–H and O–H groups in total. The van der Waals surface area contributed by atoms with Crippen molar-refractivity contribution >= 4 is 15.8 Å². The van der Waals surface area contributed by atoms with Gasteiger partial charge < -0.3 is 4.90 Å². The molecular formula is C9H11F3N4O2S. The van der Waals surface area contributed by atoms with Crippen LogP contribution in [0.4, 0.5) is 19.0 Å². The topological polar surface area (TPSA) is 89.2 Å². The molecule has 1 aliphatic heterocycles. The molecule has 1 aromatic rings. The third-order valence-electron chi connectivity index (χ3n) is 2.81. The molecule has 0 radical (unpaired) electrons. The number of alkyl halides is 3. The molecule has 10 heteroatoms. The lowest BCUT2D eigenvalue weighted by atomic mass is 10.1. The van der Waals surface area contributed by atoms with Crippen LogP contribution in [-0.4, -0.2) is 37.0 Å². The molecule has 0 unspecified atom stereocenters. The molecule has 0 aromatic carbocycles. The fourth-order valence-corrected chi connectivity index (χ4v) is 2.52. The van der Waals surface area contributed by atoms with Gasteiger partial charge in [0.15, 0.2) is 5.82 Å². The average Bonchev–Trinajstić information content (AvgIpc) is 2.14. The van der Waals surface area contributed by atoms with E-state index in [4.69, 9.17) is 5.14 Å². The maximum atomic E-state index is 12.8. The number of hydrogen-bond donors (Lipinski definition) is 1. The minimum atomic E-state index is -4.57. The number of rotatable bonds is 2. The van der Waals surface area contributed by atoms with Gasteiger partial charge in [-0.25, -0.2) is 13.6 Å². The van der Waals surface area contributed by atoms with Gasteiger partial charge in [0.05, 0.1) is 5.69 Å². The predicted molar refractivity (Wildman–Crippen MR) is 60.9 cm³/mol. The quantitative estimate of drug-likeness (QED) is 0.846. The van der Waals surface area contributed by atoms with Crippen molar-refractivity contribution < 1.29 is 21.6 Å². The third-order valence-corrected chi connectivity index (χ3v) is 4.04. The molecule has 1 saturated heterocycles. The van der Waals surface area contributed by atoms with Crippen molar-refractivity contribution in [3.63, 3.8) is 0 Å². The number of sulfonamides is 1. The van der Waals surface area contributed by atoms with E-state index in [1.54, 1.807) is 0 Å². The first-order valence-corrected chi connectivity index (χ1v) is 6.88. The van der Waals surface area contributed by atoms with Gasteiger partial charge in [-0.1, -0.05) is 0 Å². The van der Waals surface area contributed by atoms with Crippen molar-refractivity contribution in [1.29, 1.82) is 0 Å². The summed E-state index contributed by atoms with van der Waals surface area (Å²) in [6.45, 7) is 1.18. The second kappa shape index (κ2) is 4.30. The molecule has 0 atom stereocenters. The maximum Gasteiger partial charge on any atom is 0.420 e. The number of hydrogen-bond acceptors (Lipinski definition) is 5. The molecule has 1 aliphatic rings. The normalized spacial score (nSPS) is 17.4. The van der Waals surface area contributed by atoms with Gasteiger partial charge in [0.25, 0.3) is 0 Å². The average molecular weight is 296 g/mol. The Morgan fingerprint density at radius 1 is 1.37 bits per heavy atom. The molecule has 2 heterocycles. The molecule has 1 fully saturated rings. The second-order valence-corrected chi connectivity index (χ2v) is 6.18. The van der Waals surface area contributed by atoms with E-state index in [1.165, 1.54) is 11.8 Å². The summed E-state index contributed by atoms with van der Waals surface area (Å²) < 4.78 is 60.6. The SMILES string of the molecule is Cc1cc(C(F)(F)F)c(N2CC(S(N)(=O)=O)C2)nn1. The number of aromatic nitrogens is 2. The Balaban J connectivity index is 2.28. The van der Waals surface area contributed by atoms with Crippen molar-refractivity contribution in [3.8, 4) is 0 Å². The fraction of sp³-hybridized carbons (Fsp3) is 0.556. The van der Waals surface area contributed by atoms with Gasteiger partial charge in [-0.2, -0.15) is 18.3 Å². The van der Waals surface area contributed by atoms with E-state index in [1.807, 2.05) is 0 Å². The lowest BCUT2D eigenvalue weighted by molar-refractivity contribution is -0.137. The van der Waals surface area contributed by atoms with Crippen LogP contribution in [0.3, 0.4) is 0 Å². The standard InChI is InChI=1S/C9H11F3N4O2S/c1-5-2-7(9(10,11)12)8(15-14-5)16-3-6(4-16)19(13,17)18/h2,6H,3-4H2,1H3,(H2,13,17,18). The second-order valence-electron chi connectivity index (χ2n) is 4.34. The summed E-state index contributed by atoms with van der Waals surface area (Å²) in [6.07, 6.45) is -4.57. The van der Waals surface area contributed by atoms with Gasteiger partial charge in [0.2, 0.25) is 10.0 Å². The highest BCUT2D eigenvalue weighted by Crippen LogP contribution is 2.37. The van der Waals surface area contributed by atoms with E-state index in [9.17, 15) is 21.6 Å². The third kappa shape index (κ3) is 2.78. The molecule has 0 amide bonds. The van der Waals surface area contributed by atoms with Gasteiger partial charge in [0, 0.05) is 13.1 Å². The number of anilines is 1. The molecule has 0 saturated carbocycles. The largest absolute Gasteiger partial charge is 0.420 e. The van der Waals surface area contributed by atoms with E-state index in [0.29, 0.717) is 0 Å².